The normalized spacial score (nSPS) is 10.8. The number of benzene rings is 1. The van der Waals surface area contributed by atoms with Gasteiger partial charge in [-0.05, 0) is 32.4 Å². The number of carbonyl (C=O) groups is 1. The zero-order chi connectivity index (χ0) is 22.5. The van der Waals surface area contributed by atoms with Gasteiger partial charge in [-0.25, -0.2) is 9.07 Å². The van der Waals surface area contributed by atoms with Crippen molar-refractivity contribution in [2.45, 2.75) is 33.5 Å². The van der Waals surface area contributed by atoms with Gasteiger partial charge in [-0.3, -0.25) is 19.6 Å². The average molecular weight is 451 g/mol. The Balaban J connectivity index is 1.50. The zero-order valence-electron chi connectivity index (χ0n) is 16.8. The average Bonchev–Trinajstić information content (AvgIpc) is 3.30. The van der Waals surface area contributed by atoms with Crippen molar-refractivity contribution in [3.8, 4) is 5.75 Å². The highest BCUT2D eigenvalue weighted by atomic mass is 35.5. The number of aryl methyl sites for hydroxylation is 2. The molecule has 0 aliphatic carbocycles. The quantitative estimate of drug-likeness (QED) is 0.304. The Morgan fingerprint density at radius 3 is 2.77 bits per heavy atom. The van der Waals surface area contributed by atoms with Crippen LogP contribution >= 0.6 is 11.6 Å². The van der Waals surface area contributed by atoms with Crippen molar-refractivity contribution in [2.75, 3.05) is 6.54 Å². The van der Waals surface area contributed by atoms with E-state index in [1.807, 2.05) is 13.8 Å². The van der Waals surface area contributed by atoms with E-state index in [-0.39, 0.29) is 29.8 Å². The first-order valence-electron chi connectivity index (χ1n) is 9.34. The smallest absolute Gasteiger partial charge is 0.311 e. The van der Waals surface area contributed by atoms with E-state index in [0.29, 0.717) is 24.5 Å². The van der Waals surface area contributed by atoms with Crippen LogP contribution in [0.15, 0.2) is 30.5 Å². The van der Waals surface area contributed by atoms with Crippen LogP contribution in [0.1, 0.15) is 28.3 Å². The molecule has 1 N–H and O–H groups in total. The van der Waals surface area contributed by atoms with E-state index in [1.165, 1.54) is 16.9 Å². The van der Waals surface area contributed by atoms with Gasteiger partial charge in [0.15, 0.2) is 6.73 Å². The molecule has 0 fully saturated rings. The lowest BCUT2D eigenvalue weighted by molar-refractivity contribution is -0.386. The van der Waals surface area contributed by atoms with E-state index in [2.05, 4.69) is 15.5 Å². The molecule has 0 unspecified atom stereocenters. The van der Waals surface area contributed by atoms with Crippen molar-refractivity contribution in [2.24, 2.45) is 0 Å². The number of aromatic nitrogens is 4. The third-order valence-corrected chi connectivity index (χ3v) is 5.02. The maximum absolute atomic E-state index is 13.4. The molecular weight excluding hydrogens is 431 g/mol. The fourth-order valence-corrected chi connectivity index (χ4v) is 2.99. The van der Waals surface area contributed by atoms with E-state index < -0.39 is 10.7 Å². The Kier molecular flexibility index (Phi) is 6.85. The van der Waals surface area contributed by atoms with Crippen molar-refractivity contribution < 1.29 is 18.8 Å². The van der Waals surface area contributed by atoms with Gasteiger partial charge in [-0.15, -0.1) is 0 Å². The molecule has 2 aromatic heterocycles. The molecule has 3 aromatic rings. The SMILES string of the molecule is Cc1nn(CCCNC(=O)c2ccn(COc3cc(F)ccc3[N+](=O)[O-])n2)c(C)c1Cl. The lowest BCUT2D eigenvalue weighted by Gasteiger charge is -2.07. The van der Waals surface area contributed by atoms with Crippen molar-refractivity contribution in [3.63, 3.8) is 0 Å². The minimum Gasteiger partial charge on any atom is -0.464 e. The van der Waals surface area contributed by atoms with Gasteiger partial charge in [-0.1, -0.05) is 11.6 Å². The lowest BCUT2D eigenvalue weighted by atomic mass is 10.3. The second kappa shape index (κ2) is 9.56. The second-order valence-electron chi connectivity index (χ2n) is 6.70. The molecule has 0 spiro atoms. The first kappa shape index (κ1) is 22.2. The van der Waals surface area contributed by atoms with Crippen LogP contribution in [0.5, 0.6) is 5.75 Å². The summed E-state index contributed by atoms with van der Waals surface area (Å²) in [6.07, 6.45) is 2.13. The molecule has 1 amide bonds. The summed E-state index contributed by atoms with van der Waals surface area (Å²) in [7, 11) is 0. The third kappa shape index (κ3) is 5.37. The summed E-state index contributed by atoms with van der Waals surface area (Å²) >= 11 is 6.11. The maximum atomic E-state index is 13.4. The van der Waals surface area contributed by atoms with E-state index in [4.69, 9.17) is 16.3 Å². The van der Waals surface area contributed by atoms with Crippen molar-refractivity contribution in [1.29, 1.82) is 0 Å². The molecule has 164 valence electrons. The number of nitrogens with one attached hydrogen (secondary N) is 1. The number of hydrogen-bond acceptors (Lipinski definition) is 6. The Morgan fingerprint density at radius 1 is 1.32 bits per heavy atom. The van der Waals surface area contributed by atoms with Gasteiger partial charge >= 0.3 is 5.69 Å². The summed E-state index contributed by atoms with van der Waals surface area (Å²) in [5, 5.41) is 22.8. The second-order valence-corrected chi connectivity index (χ2v) is 7.08. The van der Waals surface area contributed by atoms with E-state index in [0.717, 1.165) is 29.6 Å². The molecular formula is C19H20ClFN6O4. The predicted molar refractivity (Wildman–Crippen MR) is 110 cm³/mol. The van der Waals surface area contributed by atoms with Crippen LogP contribution in [0.3, 0.4) is 0 Å². The van der Waals surface area contributed by atoms with Crippen LogP contribution in [0.4, 0.5) is 10.1 Å². The number of amides is 1. The number of ether oxygens (including phenoxy) is 1. The molecule has 0 saturated heterocycles. The Hall–Kier alpha value is -3.47. The van der Waals surface area contributed by atoms with Crippen molar-refractivity contribution >= 4 is 23.2 Å². The molecule has 12 heteroatoms. The molecule has 0 radical (unpaired) electrons. The van der Waals surface area contributed by atoms with Gasteiger partial charge in [0.1, 0.15) is 11.5 Å². The van der Waals surface area contributed by atoms with Crippen LogP contribution < -0.4 is 10.1 Å². The van der Waals surface area contributed by atoms with Crippen LogP contribution in [0, 0.1) is 29.8 Å². The summed E-state index contributed by atoms with van der Waals surface area (Å²) in [6.45, 7) is 4.51. The number of carbonyl (C=O) groups excluding carboxylic acids is 1. The number of hydrogen-bond donors (Lipinski definition) is 1. The highest BCUT2D eigenvalue weighted by Gasteiger charge is 2.17. The molecule has 0 bridgehead atoms. The largest absolute Gasteiger partial charge is 0.464 e. The minimum atomic E-state index is -0.670. The maximum Gasteiger partial charge on any atom is 0.311 e. The molecule has 0 atom stereocenters. The number of nitro groups is 1. The molecule has 2 heterocycles. The molecule has 31 heavy (non-hydrogen) atoms. The first-order valence-corrected chi connectivity index (χ1v) is 9.72. The topological polar surface area (TPSA) is 117 Å². The predicted octanol–water partition coefficient (Wildman–Crippen LogP) is 3.25. The number of nitro benzene ring substituents is 1. The minimum absolute atomic E-state index is 0.159. The standard InChI is InChI=1S/C19H20ClFN6O4/c1-12-18(20)13(2)26(23-12)8-3-7-22-19(28)15-6-9-25(24-15)11-31-17-10-14(21)4-5-16(17)27(29)30/h4-6,9-10H,3,7-8,11H2,1-2H3,(H,22,28). The molecule has 3 rings (SSSR count). The Labute approximate surface area is 181 Å². The van der Waals surface area contributed by atoms with Crippen LogP contribution in [-0.4, -0.2) is 36.9 Å². The van der Waals surface area contributed by atoms with Gasteiger partial charge < -0.3 is 10.1 Å². The van der Waals surface area contributed by atoms with Gasteiger partial charge in [-0.2, -0.15) is 10.2 Å². The monoisotopic (exact) mass is 450 g/mol. The van der Waals surface area contributed by atoms with Crippen LogP contribution in [0.2, 0.25) is 5.02 Å². The van der Waals surface area contributed by atoms with Crippen LogP contribution in [0.25, 0.3) is 0 Å². The highest BCUT2D eigenvalue weighted by Crippen LogP contribution is 2.27. The molecule has 10 nitrogen and oxygen atoms in total. The van der Waals surface area contributed by atoms with E-state index >= 15 is 0 Å². The van der Waals surface area contributed by atoms with Gasteiger partial charge in [0.25, 0.3) is 5.91 Å². The van der Waals surface area contributed by atoms with Gasteiger partial charge in [0, 0.05) is 31.4 Å². The van der Waals surface area contributed by atoms with E-state index in [1.54, 1.807) is 4.68 Å². The fraction of sp³-hybridized carbons (Fsp3) is 0.316. The Bertz CT molecular complexity index is 1110. The summed E-state index contributed by atoms with van der Waals surface area (Å²) in [5.41, 5.74) is 1.43. The third-order valence-electron chi connectivity index (χ3n) is 4.47. The molecule has 0 aliphatic heterocycles. The summed E-state index contributed by atoms with van der Waals surface area (Å²) in [5.74, 6) is -1.26. The highest BCUT2D eigenvalue weighted by molar-refractivity contribution is 6.31. The van der Waals surface area contributed by atoms with Gasteiger partial charge in [0.05, 0.1) is 21.3 Å². The van der Waals surface area contributed by atoms with Crippen molar-refractivity contribution in [3.05, 3.63) is 68.5 Å². The molecule has 0 aliphatic rings. The van der Waals surface area contributed by atoms with Gasteiger partial charge in [0.2, 0.25) is 5.75 Å². The molecule has 0 saturated carbocycles. The summed E-state index contributed by atoms with van der Waals surface area (Å²) < 4.78 is 21.7. The fourth-order valence-electron chi connectivity index (χ4n) is 2.86. The first-order chi connectivity index (χ1) is 14.8. The Morgan fingerprint density at radius 2 is 2.10 bits per heavy atom. The van der Waals surface area contributed by atoms with E-state index in [9.17, 15) is 19.3 Å². The molecule has 1 aromatic carbocycles. The number of nitrogens with zero attached hydrogens (tertiary/aromatic N) is 5. The summed E-state index contributed by atoms with van der Waals surface area (Å²) in [6, 6.07) is 4.40. The van der Waals surface area contributed by atoms with Crippen LogP contribution in [-0.2, 0) is 13.3 Å². The number of halogens is 2. The zero-order valence-corrected chi connectivity index (χ0v) is 17.6. The lowest BCUT2D eigenvalue weighted by Crippen LogP contribution is -2.26. The number of rotatable bonds is 9. The summed E-state index contributed by atoms with van der Waals surface area (Å²) in [4.78, 5) is 22.6. The van der Waals surface area contributed by atoms with Crippen molar-refractivity contribution in [1.82, 2.24) is 24.9 Å².